The van der Waals surface area contributed by atoms with Crippen molar-refractivity contribution in [2.24, 2.45) is 5.41 Å². The summed E-state index contributed by atoms with van der Waals surface area (Å²) in [6.45, 7) is 7.83. The first-order valence-electron chi connectivity index (χ1n) is 6.25. The zero-order valence-electron chi connectivity index (χ0n) is 10.7. The summed E-state index contributed by atoms with van der Waals surface area (Å²) in [5, 5.41) is 3.65. The van der Waals surface area contributed by atoms with Crippen molar-refractivity contribution in [3.63, 3.8) is 0 Å². The van der Waals surface area contributed by atoms with Crippen LogP contribution in [0.3, 0.4) is 0 Å². The summed E-state index contributed by atoms with van der Waals surface area (Å²) in [5.74, 6) is 0. The molecule has 2 heteroatoms. The smallest absolute Gasteiger partial charge is 0.0934 e. The maximum Gasteiger partial charge on any atom is 0.0934 e. The van der Waals surface area contributed by atoms with E-state index in [0.717, 1.165) is 13.0 Å². The highest BCUT2D eigenvalue weighted by molar-refractivity contribution is 5.11. The molecule has 1 aromatic rings. The van der Waals surface area contributed by atoms with Crippen molar-refractivity contribution >= 4 is 0 Å². The molecular formula is C14H23NO. The standard InChI is InChI=1S/C14H23NO/c1-13(2,3)15-11-14(6-4-7-14)9-12-5-8-16-10-12/h5,8,10,15H,4,6-7,9,11H2,1-3H3. The Bertz CT molecular complexity index is 317. The quantitative estimate of drug-likeness (QED) is 0.843. The SMILES string of the molecule is CC(C)(C)NCC1(Cc2ccoc2)CCC1. The van der Waals surface area contributed by atoms with E-state index in [-0.39, 0.29) is 5.54 Å². The highest BCUT2D eigenvalue weighted by Gasteiger charge is 2.37. The maximum absolute atomic E-state index is 5.15. The Labute approximate surface area is 98.4 Å². The van der Waals surface area contributed by atoms with Crippen LogP contribution in [0.15, 0.2) is 23.0 Å². The first-order chi connectivity index (χ1) is 7.49. The van der Waals surface area contributed by atoms with E-state index in [2.05, 4.69) is 32.2 Å². The Morgan fingerprint density at radius 1 is 1.38 bits per heavy atom. The van der Waals surface area contributed by atoms with Gasteiger partial charge >= 0.3 is 0 Å². The minimum absolute atomic E-state index is 0.221. The second kappa shape index (κ2) is 4.25. The van der Waals surface area contributed by atoms with Crippen LogP contribution in [0.1, 0.15) is 45.6 Å². The Morgan fingerprint density at radius 3 is 2.56 bits per heavy atom. The molecule has 2 nitrogen and oxygen atoms in total. The lowest BCUT2D eigenvalue weighted by molar-refractivity contribution is 0.118. The van der Waals surface area contributed by atoms with Crippen LogP contribution in [-0.2, 0) is 6.42 Å². The molecule has 0 bridgehead atoms. The lowest BCUT2D eigenvalue weighted by Crippen LogP contribution is -2.47. The summed E-state index contributed by atoms with van der Waals surface area (Å²) in [6, 6.07) is 2.09. The van der Waals surface area contributed by atoms with Crippen LogP contribution >= 0.6 is 0 Å². The molecular weight excluding hydrogens is 198 g/mol. The van der Waals surface area contributed by atoms with Gasteiger partial charge in [0.25, 0.3) is 0 Å². The molecule has 2 rings (SSSR count). The topological polar surface area (TPSA) is 25.2 Å². The van der Waals surface area contributed by atoms with Gasteiger partial charge < -0.3 is 9.73 Å². The van der Waals surface area contributed by atoms with E-state index < -0.39 is 0 Å². The van der Waals surface area contributed by atoms with Gasteiger partial charge in [-0.1, -0.05) is 6.42 Å². The third-order valence-corrected chi connectivity index (χ3v) is 3.57. The third-order valence-electron chi connectivity index (χ3n) is 3.57. The average molecular weight is 221 g/mol. The Kier molecular flexibility index (Phi) is 3.11. The van der Waals surface area contributed by atoms with Crippen LogP contribution in [0.4, 0.5) is 0 Å². The summed E-state index contributed by atoms with van der Waals surface area (Å²) in [4.78, 5) is 0. The number of hydrogen-bond acceptors (Lipinski definition) is 2. The van der Waals surface area contributed by atoms with Gasteiger partial charge in [-0.15, -0.1) is 0 Å². The molecule has 1 fully saturated rings. The van der Waals surface area contributed by atoms with Crippen LogP contribution in [0.25, 0.3) is 0 Å². The van der Waals surface area contributed by atoms with Crippen LogP contribution in [0.5, 0.6) is 0 Å². The maximum atomic E-state index is 5.15. The van der Waals surface area contributed by atoms with Crippen LogP contribution in [0, 0.1) is 5.41 Å². The van der Waals surface area contributed by atoms with Gasteiger partial charge in [-0.05, 0) is 57.1 Å². The molecule has 1 aromatic heterocycles. The molecule has 0 spiro atoms. The van der Waals surface area contributed by atoms with Gasteiger partial charge in [-0.3, -0.25) is 0 Å². The molecule has 1 N–H and O–H groups in total. The minimum atomic E-state index is 0.221. The summed E-state index contributed by atoms with van der Waals surface area (Å²) in [5.41, 5.74) is 2.05. The number of nitrogens with one attached hydrogen (secondary N) is 1. The molecule has 1 heterocycles. The molecule has 0 unspecified atom stereocenters. The fraction of sp³-hybridized carbons (Fsp3) is 0.714. The van der Waals surface area contributed by atoms with Gasteiger partial charge in [0.05, 0.1) is 12.5 Å². The van der Waals surface area contributed by atoms with E-state index in [9.17, 15) is 0 Å². The van der Waals surface area contributed by atoms with E-state index in [0.29, 0.717) is 5.41 Å². The highest BCUT2D eigenvalue weighted by atomic mass is 16.3. The first-order valence-corrected chi connectivity index (χ1v) is 6.25. The fourth-order valence-electron chi connectivity index (χ4n) is 2.37. The monoisotopic (exact) mass is 221 g/mol. The number of furan rings is 1. The Balaban J connectivity index is 1.92. The lowest BCUT2D eigenvalue weighted by Gasteiger charge is -2.44. The summed E-state index contributed by atoms with van der Waals surface area (Å²) in [7, 11) is 0. The first kappa shape index (κ1) is 11.7. The summed E-state index contributed by atoms with van der Waals surface area (Å²) < 4.78 is 5.15. The summed E-state index contributed by atoms with van der Waals surface area (Å²) >= 11 is 0. The van der Waals surface area contributed by atoms with Gasteiger partial charge in [0.1, 0.15) is 0 Å². The summed E-state index contributed by atoms with van der Waals surface area (Å²) in [6.07, 6.45) is 8.90. The average Bonchev–Trinajstić information content (AvgIpc) is 2.60. The van der Waals surface area contributed by atoms with Crippen molar-refractivity contribution in [3.8, 4) is 0 Å². The molecule has 0 saturated heterocycles. The number of hydrogen-bond donors (Lipinski definition) is 1. The van der Waals surface area contributed by atoms with Gasteiger partial charge in [-0.2, -0.15) is 0 Å². The van der Waals surface area contributed by atoms with E-state index in [1.807, 2.05) is 6.26 Å². The van der Waals surface area contributed by atoms with Crippen LogP contribution in [-0.4, -0.2) is 12.1 Å². The molecule has 0 radical (unpaired) electrons. The normalized spacial score (nSPS) is 19.4. The van der Waals surface area contributed by atoms with Crippen molar-refractivity contribution in [3.05, 3.63) is 24.2 Å². The largest absolute Gasteiger partial charge is 0.472 e. The minimum Gasteiger partial charge on any atom is -0.472 e. The van der Waals surface area contributed by atoms with Crippen molar-refractivity contribution in [1.29, 1.82) is 0 Å². The molecule has 16 heavy (non-hydrogen) atoms. The van der Waals surface area contributed by atoms with Crippen molar-refractivity contribution in [2.45, 2.75) is 52.0 Å². The molecule has 1 aliphatic rings. The van der Waals surface area contributed by atoms with E-state index in [1.165, 1.54) is 24.8 Å². The van der Waals surface area contributed by atoms with Gasteiger partial charge in [0.2, 0.25) is 0 Å². The van der Waals surface area contributed by atoms with Gasteiger partial charge in [0, 0.05) is 12.1 Å². The molecule has 90 valence electrons. The van der Waals surface area contributed by atoms with Crippen molar-refractivity contribution in [1.82, 2.24) is 5.32 Å². The van der Waals surface area contributed by atoms with Crippen LogP contribution in [0.2, 0.25) is 0 Å². The predicted molar refractivity (Wildman–Crippen MR) is 66.5 cm³/mol. The number of rotatable bonds is 4. The zero-order valence-corrected chi connectivity index (χ0v) is 10.7. The molecule has 0 aliphatic heterocycles. The Hall–Kier alpha value is -0.760. The zero-order chi connectivity index (χ0) is 11.6. The molecule has 1 aliphatic carbocycles. The second-order valence-corrected chi connectivity index (χ2v) is 6.27. The highest BCUT2D eigenvalue weighted by Crippen LogP contribution is 2.43. The molecule has 0 atom stereocenters. The lowest BCUT2D eigenvalue weighted by atomic mass is 9.65. The molecule has 0 amide bonds. The van der Waals surface area contributed by atoms with Crippen LogP contribution < -0.4 is 5.32 Å². The van der Waals surface area contributed by atoms with Crippen molar-refractivity contribution < 1.29 is 4.42 Å². The molecule has 0 aromatic carbocycles. The van der Waals surface area contributed by atoms with Gasteiger partial charge in [0.15, 0.2) is 0 Å². The third kappa shape index (κ3) is 2.88. The predicted octanol–water partition coefficient (Wildman–Crippen LogP) is 3.38. The Morgan fingerprint density at radius 2 is 2.12 bits per heavy atom. The van der Waals surface area contributed by atoms with Crippen molar-refractivity contribution in [2.75, 3.05) is 6.54 Å². The van der Waals surface area contributed by atoms with E-state index in [1.54, 1.807) is 6.26 Å². The van der Waals surface area contributed by atoms with Gasteiger partial charge in [-0.25, -0.2) is 0 Å². The fourth-order valence-corrected chi connectivity index (χ4v) is 2.37. The molecule has 1 saturated carbocycles. The second-order valence-electron chi connectivity index (χ2n) is 6.27. The van der Waals surface area contributed by atoms with E-state index >= 15 is 0 Å². The van der Waals surface area contributed by atoms with E-state index in [4.69, 9.17) is 4.42 Å².